The van der Waals surface area contributed by atoms with Crippen LogP contribution in [0.25, 0.3) is 0 Å². The Morgan fingerprint density at radius 2 is 1.89 bits per heavy atom. The largest absolute Gasteiger partial charge is 0.496 e. The predicted molar refractivity (Wildman–Crippen MR) is 70.9 cm³/mol. The lowest BCUT2D eigenvalue weighted by Crippen LogP contribution is -2.21. The van der Waals surface area contributed by atoms with Crippen LogP contribution in [-0.2, 0) is 9.53 Å². The first kappa shape index (κ1) is 14.5. The summed E-state index contributed by atoms with van der Waals surface area (Å²) in [5.74, 6) is 0.552. The molecule has 0 saturated carbocycles. The third kappa shape index (κ3) is 3.23. The standard InChI is InChI=1S/C14H21NO3/c1-9-6-11(13(17-4)7-10(9)2)12(15-3)8-14(16)18-5/h6-7,12,15H,8H2,1-5H3. The van der Waals surface area contributed by atoms with E-state index >= 15 is 0 Å². The van der Waals surface area contributed by atoms with E-state index in [1.54, 1.807) is 7.11 Å². The van der Waals surface area contributed by atoms with E-state index < -0.39 is 0 Å². The molecular formula is C14H21NO3. The fourth-order valence-corrected chi connectivity index (χ4v) is 1.88. The van der Waals surface area contributed by atoms with Crippen molar-refractivity contribution < 1.29 is 14.3 Å². The molecule has 0 radical (unpaired) electrons. The minimum Gasteiger partial charge on any atom is -0.496 e. The SMILES string of the molecule is CNC(CC(=O)OC)c1cc(C)c(C)cc1OC. The molecule has 4 heteroatoms. The van der Waals surface area contributed by atoms with Crippen molar-refractivity contribution in [2.45, 2.75) is 26.3 Å². The van der Waals surface area contributed by atoms with Gasteiger partial charge in [0, 0.05) is 11.6 Å². The molecule has 1 atom stereocenters. The fraction of sp³-hybridized carbons (Fsp3) is 0.500. The number of hydrogen-bond acceptors (Lipinski definition) is 4. The van der Waals surface area contributed by atoms with Gasteiger partial charge < -0.3 is 14.8 Å². The molecule has 0 amide bonds. The molecule has 0 saturated heterocycles. The molecule has 1 rings (SSSR count). The van der Waals surface area contributed by atoms with E-state index in [1.165, 1.54) is 18.2 Å². The molecule has 18 heavy (non-hydrogen) atoms. The summed E-state index contributed by atoms with van der Waals surface area (Å²) < 4.78 is 10.1. The summed E-state index contributed by atoms with van der Waals surface area (Å²) >= 11 is 0. The van der Waals surface area contributed by atoms with Gasteiger partial charge in [0.25, 0.3) is 0 Å². The lowest BCUT2D eigenvalue weighted by molar-refractivity contribution is -0.141. The number of aryl methyl sites for hydroxylation is 2. The number of benzene rings is 1. The molecule has 1 N–H and O–H groups in total. The molecule has 0 bridgehead atoms. The molecule has 0 aliphatic heterocycles. The van der Waals surface area contributed by atoms with Crippen LogP contribution < -0.4 is 10.1 Å². The third-order valence-corrected chi connectivity index (χ3v) is 3.17. The normalized spacial score (nSPS) is 12.1. The summed E-state index contributed by atoms with van der Waals surface area (Å²) in [5, 5.41) is 3.12. The van der Waals surface area contributed by atoms with Gasteiger partial charge in [-0.25, -0.2) is 0 Å². The van der Waals surface area contributed by atoms with Crippen molar-refractivity contribution in [3.8, 4) is 5.75 Å². The molecular weight excluding hydrogens is 230 g/mol. The highest BCUT2D eigenvalue weighted by molar-refractivity contribution is 5.70. The summed E-state index contributed by atoms with van der Waals surface area (Å²) in [4.78, 5) is 11.4. The van der Waals surface area contributed by atoms with Gasteiger partial charge in [-0.05, 0) is 38.1 Å². The van der Waals surface area contributed by atoms with E-state index in [9.17, 15) is 4.79 Å². The molecule has 100 valence electrons. The van der Waals surface area contributed by atoms with Crippen molar-refractivity contribution in [1.82, 2.24) is 5.32 Å². The minimum absolute atomic E-state index is 0.105. The second-order valence-electron chi connectivity index (χ2n) is 4.30. The van der Waals surface area contributed by atoms with Crippen molar-refractivity contribution in [3.63, 3.8) is 0 Å². The molecule has 1 aromatic rings. The fourth-order valence-electron chi connectivity index (χ4n) is 1.88. The molecule has 0 heterocycles. The van der Waals surface area contributed by atoms with Crippen LogP contribution in [0.4, 0.5) is 0 Å². The van der Waals surface area contributed by atoms with Crippen molar-refractivity contribution in [2.24, 2.45) is 0 Å². The Morgan fingerprint density at radius 3 is 2.39 bits per heavy atom. The van der Waals surface area contributed by atoms with Crippen LogP contribution in [0.3, 0.4) is 0 Å². The van der Waals surface area contributed by atoms with E-state index in [0.29, 0.717) is 0 Å². The first-order valence-electron chi connectivity index (χ1n) is 5.92. The first-order valence-corrected chi connectivity index (χ1v) is 5.92. The maximum Gasteiger partial charge on any atom is 0.307 e. The molecule has 0 aliphatic carbocycles. The van der Waals surface area contributed by atoms with E-state index in [0.717, 1.165) is 11.3 Å². The molecule has 0 spiro atoms. The summed E-state index contributed by atoms with van der Waals surface area (Å²) in [6, 6.07) is 3.94. The smallest absolute Gasteiger partial charge is 0.307 e. The van der Waals surface area contributed by atoms with E-state index in [-0.39, 0.29) is 18.4 Å². The Labute approximate surface area is 108 Å². The van der Waals surface area contributed by atoms with Crippen LogP contribution in [0.5, 0.6) is 5.75 Å². The maximum absolute atomic E-state index is 11.4. The van der Waals surface area contributed by atoms with Gasteiger partial charge in [-0.1, -0.05) is 6.07 Å². The number of carbonyl (C=O) groups excluding carboxylic acids is 1. The van der Waals surface area contributed by atoms with Crippen molar-refractivity contribution in [3.05, 3.63) is 28.8 Å². The summed E-state index contributed by atoms with van der Waals surface area (Å²) in [5.41, 5.74) is 3.33. The lowest BCUT2D eigenvalue weighted by atomic mass is 9.97. The van der Waals surface area contributed by atoms with Crippen LogP contribution in [0.2, 0.25) is 0 Å². The van der Waals surface area contributed by atoms with Gasteiger partial charge in [-0.3, -0.25) is 4.79 Å². The zero-order chi connectivity index (χ0) is 13.7. The average molecular weight is 251 g/mol. The maximum atomic E-state index is 11.4. The highest BCUT2D eigenvalue weighted by Crippen LogP contribution is 2.30. The van der Waals surface area contributed by atoms with Crippen LogP contribution >= 0.6 is 0 Å². The average Bonchev–Trinajstić information content (AvgIpc) is 2.38. The number of hydrogen-bond donors (Lipinski definition) is 1. The van der Waals surface area contributed by atoms with E-state index in [1.807, 2.05) is 27.0 Å². The van der Waals surface area contributed by atoms with Gasteiger partial charge in [0.1, 0.15) is 5.75 Å². The third-order valence-electron chi connectivity index (χ3n) is 3.17. The first-order chi connectivity index (χ1) is 8.53. The minimum atomic E-state index is -0.241. The summed E-state index contributed by atoms with van der Waals surface area (Å²) in [6.07, 6.45) is 0.284. The topological polar surface area (TPSA) is 47.6 Å². The van der Waals surface area contributed by atoms with Crippen molar-refractivity contribution in [1.29, 1.82) is 0 Å². The Hall–Kier alpha value is -1.55. The van der Waals surface area contributed by atoms with Gasteiger partial charge in [0.15, 0.2) is 0 Å². The van der Waals surface area contributed by atoms with Gasteiger partial charge in [-0.15, -0.1) is 0 Å². The monoisotopic (exact) mass is 251 g/mol. The molecule has 0 aliphatic rings. The Morgan fingerprint density at radius 1 is 1.28 bits per heavy atom. The van der Waals surface area contributed by atoms with E-state index in [4.69, 9.17) is 9.47 Å². The number of ether oxygens (including phenoxy) is 2. The highest BCUT2D eigenvalue weighted by atomic mass is 16.5. The van der Waals surface area contributed by atoms with Crippen molar-refractivity contribution in [2.75, 3.05) is 21.3 Å². The van der Waals surface area contributed by atoms with Crippen LogP contribution in [0, 0.1) is 13.8 Å². The van der Waals surface area contributed by atoms with Crippen LogP contribution in [0.1, 0.15) is 29.2 Å². The van der Waals surface area contributed by atoms with Gasteiger partial charge in [0.2, 0.25) is 0 Å². The van der Waals surface area contributed by atoms with Crippen LogP contribution in [-0.4, -0.2) is 27.2 Å². The number of carbonyl (C=O) groups is 1. The van der Waals surface area contributed by atoms with Gasteiger partial charge in [-0.2, -0.15) is 0 Å². The molecule has 1 aromatic carbocycles. The number of nitrogens with one attached hydrogen (secondary N) is 1. The highest BCUT2D eigenvalue weighted by Gasteiger charge is 2.19. The van der Waals surface area contributed by atoms with E-state index in [2.05, 4.69) is 11.4 Å². The Bertz CT molecular complexity index is 429. The number of rotatable bonds is 5. The second-order valence-corrected chi connectivity index (χ2v) is 4.30. The summed E-state index contributed by atoms with van der Waals surface area (Å²) in [6.45, 7) is 4.08. The predicted octanol–water partition coefficient (Wildman–Crippen LogP) is 2.14. The zero-order valence-electron chi connectivity index (χ0n) is 11.7. The molecule has 1 unspecified atom stereocenters. The van der Waals surface area contributed by atoms with Crippen LogP contribution in [0.15, 0.2) is 12.1 Å². The zero-order valence-corrected chi connectivity index (χ0v) is 11.7. The number of esters is 1. The lowest BCUT2D eigenvalue weighted by Gasteiger charge is -2.20. The van der Waals surface area contributed by atoms with Gasteiger partial charge >= 0.3 is 5.97 Å². The quantitative estimate of drug-likeness (QED) is 0.814. The van der Waals surface area contributed by atoms with Gasteiger partial charge in [0.05, 0.1) is 20.6 Å². The number of methoxy groups -OCH3 is 2. The summed E-state index contributed by atoms with van der Waals surface area (Å²) in [7, 11) is 4.85. The molecule has 0 fully saturated rings. The second kappa shape index (κ2) is 6.40. The Balaban J connectivity index is 3.11. The Kier molecular flexibility index (Phi) is 5.16. The van der Waals surface area contributed by atoms with Crippen molar-refractivity contribution >= 4 is 5.97 Å². The molecule has 0 aromatic heterocycles. The molecule has 4 nitrogen and oxygen atoms in total.